The second-order valence-electron chi connectivity index (χ2n) is 9.36. The van der Waals surface area contributed by atoms with Gasteiger partial charge >= 0.3 is 11.9 Å². The predicted molar refractivity (Wildman–Crippen MR) is 133 cm³/mol. The van der Waals surface area contributed by atoms with E-state index in [1.165, 1.54) is 28.0 Å². The number of carboxylic acids is 1. The molecule has 0 aliphatic carbocycles. The summed E-state index contributed by atoms with van der Waals surface area (Å²) in [6.07, 6.45) is 6.21. The molecular weight excluding hydrogens is 490 g/mol. The Morgan fingerprint density at radius 1 is 1.34 bits per heavy atom. The third-order valence-electron chi connectivity index (χ3n) is 7.37. The van der Waals surface area contributed by atoms with E-state index in [-0.39, 0.29) is 24.2 Å². The predicted octanol–water partition coefficient (Wildman–Crippen LogP) is 3.51. The van der Waals surface area contributed by atoms with Gasteiger partial charge in [0.05, 0.1) is 35.5 Å². The van der Waals surface area contributed by atoms with Gasteiger partial charge in [-0.25, -0.2) is 9.78 Å². The van der Waals surface area contributed by atoms with Crippen LogP contribution < -0.4 is 0 Å². The van der Waals surface area contributed by atoms with Crippen molar-refractivity contribution in [2.45, 2.75) is 64.1 Å². The van der Waals surface area contributed by atoms with E-state index >= 15 is 0 Å². The number of hydrogen-bond acceptors (Lipinski definition) is 8. The van der Waals surface area contributed by atoms with Gasteiger partial charge in [-0.2, -0.15) is 0 Å². The van der Waals surface area contributed by atoms with Gasteiger partial charge in [-0.05, 0) is 32.4 Å². The molecule has 2 aliphatic rings. The Morgan fingerprint density at radius 3 is 2.60 bits per heavy atom. The number of aromatic nitrogens is 2. The van der Waals surface area contributed by atoms with Crippen molar-refractivity contribution in [3.05, 3.63) is 23.1 Å². The van der Waals surface area contributed by atoms with Crippen LogP contribution in [0, 0.1) is 17.3 Å². The fraction of sp³-hybridized carbons (Fsp3) is 0.583. The Kier molecular flexibility index (Phi) is 7.05. The molecule has 11 heteroatoms. The molecule has 1 saturated heterocycles. The van der Waals surface area contributed by atoms with Gasteiger partial charge in [0, 0.05) is 17.2 Å². The molecule has 1 unspecified atom stereocenters. The molecule has 0 bridgehead atoms. The number of fused-ring (bicyclic) bond motifs is 2. The van der Waals surface area contributed by atoms with E-state index in [0.29, 0.717) is 24.8 Å². The SMILES string of the molecule is CCC(CC)C(=O)OCCC1(C)C(c2cn3cnc(SC)c3s2)=C(C(=O)O)N2C(=O)[C@H]([C@@H](C)O)[C@@H]21. The maximum absolute atomic E-state index is 13.0. The maximum atomic E-state index is 13.0. The second kappa shape index (κ2) is 9.59. The zero-order valence-corrected chi connectivity index (χ0v) is 22.1. The lowest BCUT2D eigenvalue weighted by molar-refractivity contribution is -0.168. The van der Waals surface area contributed by atoms with Crippen LogP contribution in [-0.2, 0) is 19.1 Å². The van der Waals surface area contributed by atoms with E-state index in [4.69, 9.17) is 4.74 Å². The van der Waals surface area contributed by atoms with Crippen LogP contribution in [0.1, 0.15) is 51.8 Å². The largest absolute Gasteiger partial charge is 0.477 e. The van der Waals surface area contributed by atoms with Crippen LogP contribution in [0.25, 0.3) is 10.4 Å². The molecule has 0 spiro atoms. The van der Waals surface area contributed by atoms with E-state index in [1.54, 1.807) is 13.3 Å². The number of nitrogens with zero attached hydrogens (tertiary/aromatic N) is 3. The Bertz CT molecular complexity index is 1200. The van der Waals surface area contributed by atoms with Gasteiger partial charge in [0.2, 0.25) is 5.91 Å². The number of carbonyl (C=O) groups is 3. The number of esters is 1. The summed E-state index contributed by atoms with van der Waals surface area (Å²) in [5.41, 5.74) is -0.368. The molecule has 2 aromatic rings. The molecule has 4 heterocycles. The third kappa shape index (κ3) is 3.97. The molecule has 2 aromatic heterocycles. The highest BCUT2D eigenvalue weighted by molar-refractivity contribution is 7.98. The minimum absolute atomic E-state index is 0.0612. The molecule has 1 fully saturated rings. The first-order valence-electron chi connectivity index (χ1n) is 11.8. The Morgan fingerprint density at radius 2 is 2.03 bits per heavy atom. The molecule has 4 atom stereocenters. The Balaban J connectivity index is 1.77. The van der Waals surface area contributed by atoms with Gasteiger partial charge in [-0.15, -0.1) is 23.1 Å². The molecule has 1 amide bonds. The monoisotopic (exact) mass is 521 g/mol. The fourth-order valence-electron chi connectivity index (χ4n) is 5.47. The summed E-state index contributed by atoms with van der Waals surface area (Å²) in [7, 11) is 0. The zero-order valence-electron chi connectivity index (χ0n) is 20.5. The molecule has 2 aliphatic heterocycles. The average Bonchev–Trinajstić information content (AvgIpc) is 3.43. The molecule has 9 nitrogen and oxygen atoms in total. The molecule has 4 rings (SSSR count). The van der Waals surface area contributed by atoms with Crippen LogP contribution >= 0.6 is 23.1 Å². The number of carboxylic acid groups (broad SMARTS) is 1. The van der Waals surface area contributed by atoms with Crippen molar-refractivity contribution in [2.24, 2.45) is 17.3 Å². The average molecular weight is 522 g/mol. The zero-order chi connectivity index (χ0) is 25.7. The number of imidazole rings is 1. The summed E-state index contributed by atoms with van der Waals surface area (Å²) in [6, 6.07) is -0.539. The van der Waals surface area contributed by atoms with Crippen molar-refractivity contribution >= 4 is 51.3 Å². The number of carbonyl (C=O) groups excluding carboxylic acids is 2. The number of thiazole rings is 1. The van der Waals surface area contributed by atoms with Crippen molar-refractivity contribution < 1.29 is 29.3 Å². The number of amides is 1. The van der Waals surface area contributed by atoms with Crippen molar-refractivity contribution in [1.82, 2.24) is 14.3 Å². The summed E-state index contributed by atoms with van der Waals surface area (Å²) in [5, 5.41) is 21.4. The van der Waals surface area contributed by atoms with Crippen LogP contribution in [0.2, 0.25) is 0 Å². The highest BCUT2D eigenvalue weighted by Crippen LogP contribution is 2.60. The number of thioether (sulfide) groups is 1. The van der Waals surface area contributed by atoms with Crippen molar-refractivity contribution in [3.8, 4) is 0 Å². The number of aliphatic carboxylic acids is 1. The Hall–Kier alpha value is -2.37. The lowest BCUT2D eigenvalue weighted by atomic mass is 9.65. The van der Waals surface area contributed by atoms with Crippen LogP contribution in [-0.4, -0.2) is 67.4 Å². The lowest BCUT2D eigenvalue weighted by Crippen LogP contribution is -2.66. The van der Waals surface area contributed by atoms with Gasteiger partial charge in [0.15, 0.2) is 0 Å². The number of hydrogen-bond donors (Lipinski definition) is 2. The smallest absolute Gasteiger partial charge is 0.352 e. The van der Waals surface area contributed by atoms with Gasteiger partial charge in [0.25, 0.3) is 0 Å². The Labute approximate surface area is 212 Å². The number of rotatable bonds is 10. The van der Waals surface area contributed by atoms with Gasteiger partial charge < -0.3 is 19.8 Å². The molecule has 2 N–H and O–H groups in total. The van der Waals surface area contributed by atoms with Crippen molar-refractivity contribution in [1.29, 1.82) is 0 Å². The van der Waals surface area contributed by atoms with E-state index in [2.05, 4.69) is 4.98 Å². The van der Waals surface area contributed by atoms with Gasteiger partial charge in [-0.1, -0.05) is 20.8 Å². The summed E-state index contributed by atoms with van der Waals surface area (Å²) in [5.74, 6) is -2.76. The van der Waals surface area contributed by atoms with E-state index < -0.39 is 35.4 Å². The molecule has 35 heavy (non-hydrogen) atoms. The fourth-order valence-corrected chi connectivity index (χ4v) is 7.43. The number of aliphatic hydroxyl groups is 1. The highest BCUT2D eigenvalue weighted by atomic mass is 32.2. The topological polar surface area (TPSA) is 121 Å². The van der Waals surface area contributed by atoms with Crippen molar-refractivity contribution in [2.75, 3.05) is 12.9 Å². The summed E-state index contributed by atoms with van der Waals surface area (Å²) in [4.78, 5) is 45.3. The first kappa shape index (κ1) is 25.7. The van der Waals surface area contributed by atoms with E-state index in [0.717, 1.165) is 14.7 Å². The first-order valence-corrected chi connectivity index (χ1v) is 13.8. The van der Waals surface area contributed by atoms with Crippen LogP contribution in [0.3, 0.4) is 0 Å². The minimum atomic E-state index is -1.19. The third-order valence-corrected chi connectivity index (χ3v) is 9.31. The first-order chi connectivity index (χ1) is 16.6. The van der Waals surface area contributed by atoms with Crippen LogP contribution in [0.15, 0.2) is 23.2 Å². The summed E-state index contributed by atoms with van der Waals surface area (Å²) >= 11 is 2.92. The molecule has 0 aromatic carbocycles. The summed E-state index contributed by atoms with van der Waals surface area (Å²) < 4.78 is 7.47. The molecular formula is C24H31N3O6S2. The van der Waals surface area contributed by atoms with Gasteiger partial charge in [-0.3, -0.25) is 14.0 Å². The summed E-state index contributed by atoms with van der Waals surface area (Å²) in [6.45, 7) is 7.43. The van der Waals surface area contributed by atoms with Crippen LogP contribution in [0.4, 0.5) is 0 Å². The number of aliphatic hydroxyl groups excluding tert-OH is 1. The molecule has 0 saturated carbocycles. The highest BCUT2D eigenvalue weighted by Gasteiger charge is 2.66. The van der Waals surface area contributed by atoms with E-state index in [9.17, 15) is 24.6 Å². The van der Waals surface area contributed by atoms with Gasteiger partial charge in [0.1, 0.15) is 21.9 Å². The second-order valence-corrected chi connectivity index (χ2v) is 11.2. The lowest BCUT2D eigenvalue weighted by Gasteiger charge is -2.50. The number of β-lactam (4-membered cyclic amide) rings is 1. The maximum Gasteiger partial charge on any atom is 0.352 e. The quantitative estimate of drug-likeness (QED) is 0.277. The number of ether oxygens (including phenoxy) is 1. The van der Waals surface area contributed by atoms with Crippen molar-refractivity contribution in [3.63, 3.8) is 0 Å². The minimum Gasteiger partial charge on any atom is -0.477 e. The van der Waals surface area contributed by atoms with Crippen LogP contribution in [0.5, 0.6) is 0 Å². The van der Waals surface area contributed by atoms with E-state index in [1.807, 2.05) is 37.6 Å². The normalized spacial score (nSPS) is 24.8. The molecule has 0 radical (unpaired) electrons. The standard InChI is InChI=1S/C24H31N3O6S2/c1-6-13(7-2)23(32)33-9-8-24(4)16(14-10-26-11-25-19(34-5)21(26)35-14)17(22(30)31)27-18(24)15(12(3)28)20(27)29/h10-13,15,18,28H,6-9H2,1-5H3,(H,30,31)/t12-,15-,18-,24?/m1/s1. The molecule has 190 valence electrons.